The molecule has 196 valence electrons. The molecule has 3 aromatic rings. The summed E-state index contributed by atoms with van der Waals surface area (Å²) < 4.78 is 26.4. The van der Waals surface area contributed by atoms with Crippen LogP contribution in [0.5, 0.6) is 11.5 Å². The number of nitrogens with zero attached hydrogens (tertiary/aromatic N) is 3. The summed E-state index contributed by atoms with van der Waals surface area (Å²) in [6.07, 6.45) is 4.66. The van der Waals surface area contributed by atoms with E-state index >= 15 is 0 Å². The molecule has 0 spiro atoms. The minimum Gasteiger partial charge on any atom is -0.493 e. The molecular weight excluding hydrogens is 499 g/mol. The van der Waals surface area contributed by atoms with Gasteiger partial charge in [0.2, 0.25) is 0 Å². The number of anilines is 2. The Hall–Kier alpha value is -3.37. The van der Waals surface area contributed by atoms with Crippen LogP contribution in [0.25, 0.3) is 10.9 Å². The maximum Gasteiger partial charge on any atom is 0.317 e. The number of nitrogens with one attached hydrogen (secondary N) is 3. The smallest absolute Gasteiger partial charge is 0.317 e. The van der Waals surface area contributed by atoms with Gasteiger partial charge in [-0.2, -0.15) is 0 Å². The van der Waals surface area contributed by atoms with Crippen LogP contribution in [0.4, 0.5) is 20.7 Å². The minimum atomic E-state index is -0.554. The van der Waals surface area contributed by atoms with Crippen LogP contribution >= 0.6 is 11.6 Å². The van der Waals surface area contributed by atoms with Gasteiger partial charge >= 0.3 is 6.03 Å². The second kappa shape index (κ2) is 11.4. The van der Waals surface area contributed by atoms with Crippen molar-refractivity contribution in [2.24, 2.45) is 0 Å². The number of hydrogen-bond donors (Lipinski definition) is 3. The van der Waals surface area contributed by atoms with Crippen LogP contribution in [0.3, 0.4) is 0 Å². The highest BCUT2D eigenvalue weighted by molar-refractivity contribution is 6.31. The van der Waals surface area contributed by atoms with Crippen molar-refractivity contribution >= 4 is 40.0 Å². The summed E-state index contributed by atoms with van der Waals surface area (Å²) in [5.41, 5.74) is 0.843. The van der Waals surface area contributed by atoms with Crippen molar-refractivity contribution in [2.45, 2.75) is 37.8 Å². The fourth-order valence-corrected chi connectivity index (χ4v) is 4.96. The van der Waals surface area contributed by atoms with Crippen molar-refractivity contribution in [1.29, 1.82) is 0 Å². The lowest BCUT2D eigenvalue weighted by atomic mass is 9.93. The van der Waals surface area contributed by atoms with Crippen LogP contribution in [0.2, 0.25) is 5.02 Å². The zero-order valence-corrected chi connectivity index (χ0v) is 21.4. The number of amides is 2. The number of rotatable bonds is 6. The van der Waals surface area contributed by atoms with Crippen LogP contribution < -0.4 is 25.4 Å². The van der Waals surface area contributed by atoms with Gasteiger partial charge in [0.15, 0.2) is 17.3 Å². The van der Waals surface area contributed by atoms with E-state index in [0.717, 1.165) is 51.9 Å². The van der Waals surface area contributed by atoms with E-state index in [4.69, 9.17) is 21.1 Å². The topological polar surface area (TPSA) is 101 Å². The van der Waals surface area contributed by atoms with E-state index in [-0.39, 0.29) is 28.9 Å². The molecule has 3 N–H and O–H groups in total. The molecule has 2 fully saturated rings. The summed E-state index contributed by atoms with van der Waals surface area (Å²) in [4.78, 5) is 23.1. The summed E-state index contributed by atoms with van der Waals surface area (Å²) in [6.45, 7) is 3.13. The van der Waals surface area contributed by atoms with Gasteiger partial charge in [-0.15, -0.1) is 0 Å². The van der Waals surface area contributed by atoms with E-state index in [1.54, 1.807) is 25.3 Å². The number of hydrogen-bond acceptors (Lipinski definition) is 7. The Morgan fingerprint density at radius 2 is 1.92 bits per heavy atom. The van der Waals surface area contributed by atoms with Gasteiger partial charge in [0.25, 0.3) is 0 Å². The standard InChI is InChI=1S/C26H30ClFN6O3/c1-36-22-14-21-18(25(31-15-30-21)33-20-4-2-3-19(27)24(20)28)13-23(22)37-17-7-5-16(6-8-17)32-26(35)34-11-9-29-10-12-34/h2-4,13-17,29H,5-12H2,1H3,(H,32,35)(H,30,31,33)/t16-,17+. The fraction of sp³-hybridized carbons (Fsp3) is 0.423. The fourth-order valence-electron chi connectivity index (χ4n) is 4.78. The summed E-state index contributed by atoms with van der Waals surface area (Å²) in [6, 6.07) is 8.49. The lowest BCUT2D eigenvalue weighted by Crippen LogP contribution is -2.52. The van der Waals surface area contributed by atoms with Gasteiger partial charge in [0.05, 0.1) is 29.4 Å². The summed E-state index contributed by atoms with van der Waals surface area (Å²) in [5.74, 6) is 0.993. The molecule has 1 aliphatic heterocycles. The Kier molecular flexibility index (Phi) is 7.76. The zero-order chi connectivity index (χ0) is 25.8. The molecule has 9 nitrogen and oxygen atoms in total. The van der Waals surface area contributed by atoms with Crippen LogP contribution in [0.15, 0.2) is 36.7 Å². The Labute approximate surface area is 219 Å². The van der Waals surface area contributed by atoms with E-state index in [9.17, 15) is 9.18 Å². The van der Waals surface area contributed by atoms with Crippen molar-refractivity contribution < 1.29 is 18.7 Å². The molecule has 0 radical (unpaired) electrons. The summed E-state index contributed by atoms with van der Waals surface area (Å²) in [7, 11) is 1.58. The van der Waals surface area contributed by atoms with Crippen LogP contribution in [0, 0.1) is 5.82 Å². The van der Waals surface area contributed by atoms with Crippen molar-refractivity contribution in [3.05, 3.63) is 47.5 Å². The van der Waals surface area contributed by atoms with Crippen molar-refractivity contribution in [2.75, 3.05) is 38.6 Å². The molecule has 2 aliphatic rings. The number of carbonyl (C=O) groups excluding carboxylic acids is 1. The van der Waals surface area contributed by atoms with Gasteiger partial charge in [0, 0.05) is 43.7 Å². The maximum atomic E-state index is 14.5. The van der Waals surface area contributed by atoms with Gasteiger partial charge in [-0.1, -0.05) is 17.7 Å². The number of halogens is 2. The minimum absolute atomic E-state index is 0.0123. The Morgan fingerprint density at radius 1 is 1.14 bits per heavy atom. The lowest BCUT2D eigenvalue weighted by Gasteiger charge is -2.33. The SMILES string of the molecule is COc1cc2ncnc(Nc3cccc(Cl)c3F)c2cc1O[C@H]1CC[C@@H](NC(=O)N2CCNCC2)CC1. The highest BCUT2D eigenvalue weighted by Crippen LogP contribution is 2.37. The molecule has 0 bridgehead atoms. The number of piperazine rings is 1. The number of methoxy groups -OCH3 is 1. The van der Waals surface area contributed by atoms with E-state index in [0.29, 0.717) is 28.2 Å². The number of aromatic nitrogens is 2. The predicted molar refractivity (Wildman–Crippen MR) is 140 cm³/mol. The molecule has 2 amide bonds. The second-order valence-corrected chi connectivity index (χ2v) is 9.65. The summed E-state index contributed by atoms with van der Waals surface area (Å²) in [5, 5.41) is 10.1. The van der Waals surface area contributed by atoms with E-state index in [1.807, 2.05) is 11.0 Å². The van der Waals surface area contributed by atoms with Crippen LogP contribution in [-0.2, 0) is 0 Å². The molecular formula is C26H30ClFN6O3. The molecule has 11 heteroatoms. The molecule has 5 rings (SSSR count). The predicted octanol–water partition coefficient (Wildman–Crippen LogP) is 4.48. The second-order valence-electron chi connectivity index (χ2n) is 9.25. The Balaban J connectivity index is 1.28. The molecule has 1 aliphatic carbocycles. The van der Waals surface area contributed by atoms with Crippen molar-refractivity contribution in [1.82, 2.24) is 25.5 Å². The lowest BCUT2D eigenvalue weighted by molar-refractivity contribution is 0.131. The van der Waals surface area contributed by atoms with E-state index < -0.39 is 5.82 Å². The normalized spacial score (nSPS) is 19.9. The van der Waals surface area contributed by atoms with Gasteiger partial charge in [0.1, 0.15) is 12.1 Å². The third-order valence-corrected chi connectivity index (χ3v) is 7.12. The highest BCUT2D eigenvalue weighted by atomic mass is 35.5. The zero-order valence-electron chi connectivity index (χ0n) is 20.6. The van der Waals surface area contributed by atoms with E-state index in [1.165, 1.54) is 12.4 Å². The number of carbonyl (C=O) groups is 1. The Bertz CT molecular complexity index is 1260. The highest BCUT2D eigenvalue weighted by Gasteiger charge is 2.27. The largest absolute Gasteiger partial charge is 0.493 e. The number of urea groups is 1. The number of benzene rings is 2. The molecule has 1 saturated heterocycles. The average Bonchev–Trinajstić information content (AvgIpc) is 2.92. The molecule has 1 saturated carbocycles. The van der Waals surface area contributed by atoms with E-state index in [2.05, 4.69) is 25.9 Å². The quantitative estimate of drug-likeness (QED) is 0.433. The third kappa shape index (κ3) is 5.80. The third-order valence-electron chi connectivity index (χ3n) is 6.83. The molecule has 0 unspecified atom stereocenters. The van der Waals surface area contributed by atoms with Gasteiger partial charge in [-0.05, 0) is 43.9 Å². The maximum absolute atomic E-state index is 14.5. The molecule has 2 aromatic carbocycles. The first-order chi connectivity index (χ1) is 18.0. The Morgan fingerprint density at radius 3 is 2.68 bits per heavy atom. The van der Waals surface area contributed by atoms with Gasteiger partial charge < -0.3 is 30.3 Å². The molecule has 2 heterocycles. The van der Waals surface area contributed by atoms with Crippen LogP contribution in [0.1, 0.15) is 25.7 Å². The van der Waals surface area contributed by atoms with Gasteiger partial charge in [-0.3, -0.25) is 0 Å². The first kappa shape index (κ1) is 25.3. The monoisotopic (exact) mass is 528 g/mol. The first-order valence-electron chi connectivity index (χ1n) is 12.5. The van der Waals surface area contributed by atoms with Crippen molar-refractivity contribution in [3.8, 4) is 11.5 Å². The molecule has 0 atom stereocenters. The molecule has 1 aromatic heterocycles. The van der Waals surface area contributed by atoms with Crippen molar-refractivity contribution in [3.63, 3.8) is 0 Å². The first-order valence-corrected chi connectivity index (χ1v) is 12.9. The average molecular weight is 529 g/mol. The molecule has 37 heavy (non-hydrogen) atoms. The van der Waals surface area contributed by atoms with Gasteiger partial charge in [-0.25, -0.2) is 19.2 Å². The van der Waals surface area contributed by atoms with Crippen LogP contribution in [-0.4, -0.2) is 66.3 Å². The number of fused-ring (bicyclic) bond motifs is 1. The summed E-state index contributed by atoms with van der Waals surface area (Å²) >= 11 is 5.94. The number of ether oxygens (including phenoxy) is 2.